The maximum atomic E-state index is 2.45. The molecule has 0 aliphatic carbocycles. The summed E-state index contributed by atoms with van der Waals surface area (Å²) in [6.45, 7) is 2.25. The van der Waals surface area contributed by atoms with Crippen molar-refractivity contribution in [2.45, 2.75) is 38.4 Å². The fourth-order valence-electron chi connectivity index (χ4n) is 1.49. The molecule has 0 aliphatic heterocycles. The third-order valence-electron chi connectivity index (χ3n) is 2.41. The molecule has 0 fully saturated rings. The summed E-state index contributed by atoms with van der Waals surface area (Å²) in [5.41, 5.74) is 1.45. The zero-order chi connectivity index (χ0) is 10.9. The van der Waals surface area contributed by atoms with Crippen LogP contribution in [0.2, 0.25) is 5.82 Å². The molecule has 0 aromatic heterocycles. The Balaban J connectivity index is 2.50. The van der Waals surface area contributed by atoms with Crippen LogP contribution in [0, 0.1) is 0 Å². The van der Waals surface area contributed by atoms with Crippen molar-refractivity contribution in [3.8, 4) is 0 Å². The molecule has 0 heterocycles. The van der Waals surface area contributed by atoms with E-state index in [1.54, 1.807) is 4.47 Å². The van der Waals surface area contributed by atoms with Gasteiger partial charge in [-0.15, -0.1) is 0 Å². The van der Waals surface area contributed by atoms with E-state index in [2.05, 4.69) is 49.2 Å². The van der Waals surface area contributed by atoms with E-state index in [0.29, 0.717) is 15.0 Å². The molecular formula is C14H20Se. The fourth-order valence-corrected chi connectivity index (χ4v) is 2.74. The van der Waals surface area contributed by atoms with Crippen molar-refractivity contribution in [2.24, 2.45) is 0 Å². The molecule has 0 saturated carbocycles. The summed E-state index contributed by atoms with van der Waals surface area (Å²) in [7, 11) is 0. The predicted octanol–water partition coefficient (Wildman–Crippen LogP) is 4.06. The Kier molecular flexibility index (Phi) is 6.47. The molecular weight excluding hydrogens is 247 g/mol. The Morgan fingerprint density at radius 1 is 1.27 bits per heavy atom. The summed E-state index contributed by atoms with van der Waals surface area (Å²) in [5.74, 6) is 2.31. The van der Waals surface area contributed by atoms with Gasteiger partial charge in [-0.25, -0.2) is 0 Å². The van der Waals surface area contributed by atoms with Gasteiger partial charge in [0.2, 0.25) is 0 Å². The molecule has 0 saturated heterocycles. The molecule has 1 rings (SSSR count). The van der Waals surface area contributed by atoms with Gasteiger partial charge in [-0.3, -0.25) is 0 Å². The van der Waals surface area contributed by atoms with Gasteiger partial charge in [-0.05, 0) is 0 Å². The van der Waals surface area contributed by atoms with E-state index in [1.807, 2.05) is 0 Å². The van der Waals surface area contributed by atoms with Crippen molar-refractivity contribution in [3.63, 3.8) is 0 Å². The average Bonchev–Trinajstić information content (AvgIpc) is 2.29. The Morgan fingerprint density at radius 2 is 2.00 bits per heavy atom. The molecule has 0 bridgehead atoms. The second-order valence-corrected chi connectivity index (χ2v) is 5.64. The Labute approximate surface area is 99.9 Å². The summed E-state index contributed by atoms with van der Waals surface area (Å²) < 4.78 is 1.64. The van der Waals surface area contributed by atoms with E-state index >= 15 is 0 Å². The number of unbranched alkanes of at least 4 members (excludes halogenated alkanes) is 2. The molecule has 1 aromatic rings. The van der Waals surface area contributed by atoms with Crippen LogP contribution >= 0.6 is 0 Å². The minimum absolute atomic E-state index is 0.656. The van der Waals surface area contributed by atoms with Gasteiger partial charge in [0, 0.05) is 0 Å². The Hall–Kier alpha value is -0.521. The number of hydrogen-bond donors (Lipinski definition) is 0. The zero-order valence-electron chi connectivity index (χ0n) is 9.70. The van der Waals surface area contributed by atoms with Crippen molar-refractivity contribution in [3.05, 3.63) is 46.4 Å². The zero-order valence-corrected chi connectivity index (χ0v) is 11.4. The van der Waals surface area contributed by atoms with Crippen LogP contribution in [0.4, 0.5) is 0 Å². The molecule has 0 aliphatic rings. The van der Waals surface area contributed by atoms with Crippen LogP contribution in [-0.2, 0) is 6.42 Å². The number of allylic oxidation sites excluding steroid dienone is 2. The minimum atomic E-state index is 0.656. The van der Waals surface area contributed by atoms with E-state index < -0.39 is 0 Å². The molecule has 0 radical (unpaired) electrons. The van der Waals surface area contributed by atoms with Crippen molar-refractivity contribution < 1.29 is 0 Å². The number of rotatable bonds is 6. The van der Waals surface area contributed by atoms with Gasteiger partial charge >= 0.3 is 99.8 Å². The van der Waals surface area contributed by atoms with Gasteiger partial charge in [0.1, 0.15) is 0 Å². The van der Waals surface area contributed by atoms with Crippen LogP contribution < -0.4 is 0 Å². The van der Waals surface area contributed by atoms with Crippen LogP contribution in [0.25, 0.3) is 0 Å². The van der Waals surface area contributed by atoms with Crippen LogP contribution in [0.3, 0.4) is 0 Å². The quantitative estimate of drug-likeness (QED) is 0.538. The van der Waals surface area contributed by atoms with Gasteiger partial charge < -0.3 is 0 Å². The van der Waals surface area contributed by atoms with Crippen molar-refractivity contribution in [2.75, 3.05) is 0 Å². The van der Waals surface area contributed by atoms with Gasteiger partial charge in [0.25, 0.3) is 0 Å². The summed E-state index contributed by atoms with van der Waals surface area (Å²) >= 11 is 0.656. The van der Waals surface area contributed by atoms with Crippen LogP contribution in [0.15, 0.2) is 40.9 Å². The molecule has 0 unspecified atom stereocenters. The van der Waals surface area contributed by atoms with Gasteiger partial charge in [0.15, 0.2) is 0 Å². The first-order chi connectivity index (χ1) is 7.36. The molecule has 15 heavy (non-hydrogen) atoms. The standard InChI is InChI=1S/C14H20Se/c1-3-4-6-11-14(15-2)12-13-9-7-5-8-10-13/h5,7-11H,3-4,6,12H2,1-2H3/b14-11+. The van der Waals surface area contributed by atoms with Crippen molar-refractivity contribution >= 4 is 15.0 Å². The molecule has 0 nitrogen and oxygen atoms in total. The molecule has 82 valence electrons. The Bertz CT molecular complexity index is 287. The van der Waals surface area contributed by atoms with Crippen LogP contribution in [0.5, 0.6) is 0 Å². The first kappa shape index (κ1) is 12.5. The van der Waals surface area contributed by atoms with E-state index in [-0.39, 0.29) is 0 Å². The number of hydrogen-bond acceptors (Lipinski definition) is 0. The van der Waals surface area contributed by atoms with Crippen LogP contribution in [-0.4, -0.2) is 15.0 Å². The fraction of sp³-hybridized carbons (Fsp3) is 0.429. The van der Waals surface area contributed by atoms with Gasteiger partial charge in [-0.1, -0.05) is 0 Å². The summed E-state index contributed by atoms with van der Waals surface area (Å²) in [5, 5.41) is 0. The topological polar surface area (TPSA) is 0 Å². The molecule has 1 heteroatoms. The summed E-state index contributed by atoms with van der Waals surface area (Å²) in [4.78, 5) is 0. The molecule has 0 spiro atoms. The first-order valence-corrected chi connectivity index (χ1v) is 8.20. The summed E-state index contributed by atoms with van der Waals surface area (Å²) in [6, 6.07) is 10.8. The molecule has 0 atom stereocenters. The van der Waals surface area contributed by atoms with Crippen molar-refractivity contribution in [1.29, 1.82) is 0 Å². The Morgan fingerprint density at radius 3 is 2.60 bits per heavy atom. The van der Waals surface area contributed by atoms with Gasteiger partial charge in [-0.2, -0.15) is 0 Å². The predicted molar refractivity (Wildman–Crippen MR) is 69.4 cm³/mol. The SMILES string of the molecule is CCCC/C=C(\Cc1ccccc1)[Se]C. The first-order valence-electron chi connectivity index (χ1n) is 5.63. The second kappa shape index (κ2) is 7.73. The molecule has 0 amide bonds. The average molecular weight is 267 g/mol. The normalized spacial score (nSPS) is 11.7. The molecule has 1 aromatic carbocycles. The monoisotopic (exact) mass is 268 g/mol. The van der Waals surface area contributed by atoms with E-state index in [0.717, 1.165) is 6.42 Å². The van der Waals surface area contributed by atoms with E-state index in [1.165, 1.54) is 24.8 Å². The third kappa shape index (κ3) is 5.20. The maximum absolute atomic E-state index is 2.45. The van der Waals surface area contributed by atoms with E-state index in [4.69, 9.17) is 0 Å². The van der Waals surface area contributed by atoms with E-state index in [9.17, 15) is 0 Å². The second-order valence-electron chi connectivity index (χ2n) is 3.68. The van der Waals surface area contributed by atoms with Gasteiger partial charge in [0.05, 0.1) is 0 Å². The van der Waals surface area contributed by atoms with Crippen molar-refractivity contribution in [1.82, 2.24) is 0 Å². The third-order valence-corrected chi connectivity index (χ3v) is 4.17. The number of benzene rings is 1. The van der Waals surface area contributed by atoms with Crippen LogP contribution in [0.1, 0.15) is 31.7 Å². The summed E-state index contributed by atoms with van der Waals surface area (Å²) in [6.07, 6.45) is 7.49. The molecule has 0 N–H and O–H groups in total.